The summed E-state index contributed by atoms with van der Waals surface area (Å²) in [6.45, 7) is 6.35. The first kappa shape index (κ1) is 18.7. The molecule has 0 bridgehead atoms. The van der Waals surface area contributed by atoms with Gasteiger partial charge in [-0.2, -0.15) is 0 Å². The Morgan fingerprint density at radius 2 is 2.04 bits per heavy atom. The van der Waals surface area contributed by atoms with E-state index in [1.54, 1.807) is 18.7 Å². The van der Waals surface area contributed by atoms with Crippen LogP contribution in [0.3, 0.4) is 0 Å². The second-order valence-corrected chi connectivity index (χ2v) is 5.60. The van der Waals surface area contributed by atoms with Gasteiger partial charge in [0.1, 0.15) is 5.69 Å². The Hall–Kier alpha value is -2.61. The summed E-state index contributed by atoms with van der Waals surface area (Å²) in [7, 11) is 3.38. The van der Waals surface area contributed by atoms with E-state index in [4.69, 9.17) is 9.47 Å². The summed E-state index contributed by atoms with van der Waals surface area (Å²) in [6, 6.07) is 5.80. The molecule has 0 saturated carbocycles. The Morgan fingerprint density at radius 3 is 2.64 bits per heavy atom. The van der Waals surface area contributed by atoms with Crippen molar-refractivity contribution in [2.75, 3.05) is 20.3 Å². The van der Waals surface area contributed by atoms with Gasteiger partial charge in [-0.05, 0) is 41.1 Å². The fourth-order valence-corrected chi connectivity index (χ4v) is 2.61. The number of hydrogen-bond donors (Lipinski definition) is 0. The maximum atomic E-state index is 11.1. The molecular formula is C17H24N4O4. The number of nitrogens with zero attached hydrogens (tertiary/aromatic N) is 4. The van der Waals surface area contributed by atoms with Crippen molar-refractivity contribution < 1.29 is 14.4 Å². The van der Waals surface area contributed by atoms with Gasteiger partial charge in [0.2, 0.25) is 6.33 Å². The molecule has 8 nitrogen and oxygen atoms in total. The molecule has 0 unspecified atom stereocenters. The van der Waals surface area contributed by atoms with Crippen LogP contribution in [0.5, 0.6) is 11.5 Å². The van der Waals surface area contributed by atoms with E-state index in [-0.39, 0.29) is 5.82 Å². The molecule has 2 aromatic rings. The highest BCUT2D eigenvalue weighted by Crippen LogP contribution is 2.29. The maximum Gasteiger partial charge on any atom is 0.386 e. The van der Waals surface area contributed by atoms with Crippen LogP contribution in [0.2, 0.25) is 0 Å². The predicted octanol–water partition coefficient (Wildman–Crippen LogP) is 2.76. The summed E-state index contributed by atoms with van der Waals surface area (Å²) in [6.07, 6.45) is 1.47. The number of hydrogen-bond acceptors (Lipinski definition) is 6. The number of rotatable bonds is 9. The van der Waals surface area contributed by atoms with Gasteiger partial charge in [0.25, 0.3) is 0 Å². The number of methoxy groups -OCH3 is 1. The van der Waals surface area contributed by atoms with Crippen molar-refractivity contribution in [3.8, 4) is 11.5 Å². The average molecular weight is 348 g/mol. The SMILES string of the molecule is CCOc1ccc(CN(CC)Cc2c([N+](=O)[O-])ncn2C)cc1OC. The normalized spacial score (nSPS) is 10.9. The molecule has 8 heteroatoms. The van der Waals surface area contributed by atoms with Crippen molar-refractivity contribution in [3.05, 3.63) is 45.9 Å². The highest BCUT2D eigenvalue weighted by atomic mass is 16.6. The lowest BCUT2D eigenvalue weighted by Gasteiger charge is -2.21. The fraction of sp³-hybridized carbons (Fsp3) is 0.471. The van der Waals surface area contributed by atoms with Crippen molar-refractivity contribution in [2.45, 2.75) is 26.9 Å². The smallest absolute Gasteiger partial charge is 0.386 e. The molecule has 0 aliphatic heterocycles. The molecule has 0 aliphatic carbocycles. The topological polar surface area (TPSA) is 82.7 Å². The Bertz CT molecular complexity index is 729. The van der Waals surface area contributed by atoms with E-state index >= 15 is 0 Å². The summed E-state index contributed by atoms with van der Waals surface area (Å²) >= 11 is 0. The van der Waals surface area contributed by atoms with E-state index in [0.717, 1.165) is 12.1 Å². The van der Waals surface area contributed by atoms with Crippen LogP contribution in [-0.2, 0) is 20.1 Å². The third kappa shape index (κ3) is 4.48. The number of imidazole rings is 1. The summed E-state index contributed by atoms with van der Waals surface area (Å²) in [4.78, 5) is 16.7. The standard InChI is InChI=1S/C17H24N4O4/c1-5-20(11-14-17(21(22)23)18-12-19(14)3)10-13-7-8-15(25-6-2)16(9-13)24-4/h7-9,12H,5-6,10-11H2,1-4H3. The van der Waals surface area contributed by atoms with Gasteiger partial charge in [-0.25, -0.2) is 0 Å². The number of aryl methyl sites for hydroxylation is 1. The van der Waals surface area contributed by atoms with Crippen molar-refractivity contribution in [3.63, 3.8) is 0 Å². The number of nitro groups is 1. The minimum absolute atomic E-state index is 0.0924. The average Bonchev–Trinajstić information content (AvgIpc) is 2.96. The maximum absolute atomic E-state index is 11.1. The number of aromatic nitrogens is 2. The molecule has 0 aliphatic rings. The molecule has 0 radical (unpaired) electrons. The zero-order valence-corrected chi connectivity index (χ0v) is 15.1. The second kappa shape index (κ2) is 8.48. The van der Waals surface area contributed by atoms with Gasteiger partial charge < -0.3 is 24.2 Å². The van der Waals surface area contributed by atoms with Gasteiger partial charge in [0, 0.05) is 20.1 Å². The van der Waals surface area contributed by atoms with Crippen LogP contribution in [0.4, 0.5) is 5.82 Å². The largest absolute Gasteiger partial charge is 0.493 e. The van der Waals surface area contributed by atoms with Gasteiger partial charge in [0.15, 0.2) is 11.5 Å². The molecule has 136 valence electrons. The molecule has 1 heterocycles. The van der Waals surface area contributed by atoms with Crippen molar-refractivity contribution >= 4 is 5.82 Å². The monoisotopic (exact) mass is 348 g/mol. The third-order valence-corrected chi connectivity index (χ3v) is 3.96. The minimum atomic E-state index is -0.441. The number of benzene rings is 1. The van der Waals surface area contributed by atoms with Gasteiger partial charge in [0.05, 0.1) is 13.7 Å². The summed E-state index contributed by atoms with van der Waals surface area (Å²) < 4.78 is 12.6. The van der Waals surface area contributed by atoms with E-state index in [0.29, 0.717) is 36.9 Å². The Balaban J connectivity index is 2.17. The first-order valence-corrected chi connectivity index (χ1v) is 8.16. The summed E-state index contributed by atoms with van der Waals surface area (Å²) in [5.74, 6) is 1.30. The van der Waals surface area contributed by atoms with Crippen LogP contribution in [0.25, 0.3) is 0 Å². The fourth-order valence-electron chi connectivity index (χ4n) is 2.61. The van der Waals surface area contributed by atoms with E-state index < -0.39 is 4.92 Å². The summed E-state index contributed by atoms with van der Waals surface area (Å²) in [5, 5.41) is 11.1. The van der Waals surface area contributed by atoms with Crippen LogP contribution in [0.15, 0.2) is 24.5 Å². The van der Waals surface area contributed by atoms with Crippen molar-refractivity contribution in [1.29, 1.82) is 0 Å². The van der Waals surface area contributed by atoms with Gasteiger partial charge in [-0.3, -0.25) is 4.90 Å². The van der Waals surface area contributed by atoms with Crippen LogP contribution >= 0.6 is 0 Å². The molecule has 1 aromatic heterocycles. The quantitative estimate of drug-likeness (QED) is 0.512. The van der Waals surface area contributed by atoms with Gasteiger partial charge >= 0.3 is 5.82 Å². The summed E-state index contributed by atoms with van der Waals surface area (Å²) in [5.41, 5.74) is 1.64. The van der Waals surface area contributed by atoms with Gasteiger partial charge in [-0.1, -0.05) is 13.0 Å². The molecule has 0 spiro atoms. The van der Waals surface area contributed by atoms with E-state index in [1.165, 1.54) is 6.33 Å². The second-order valence-electron chi connectivity index (χ2n) is 5.60. The first-order chi connectivity index (χ1) is 12.0. The Morgan fingerprint density at radius 1 is 1.28 bits per heavy atom. The first-order valence-electron chi connectivity index (χ1n) is 8.16. The zero-order valence-electron chi connectivity index (χ0n) is 15.1. The molecule has 0 atom stereocenters. The van der Waals surface area contributed by atoms with E-state index in [1.807, 2.05) is 32.0 Å². The lowest BCUT2D eigenvalue weighted by Crippen LogP contribution is -2.24. The molecule has 0 N–H and O–H groups in total. The lowest BCUT2D eigenvalue weighted by atomic mass is 10.2. The van der Waals surface area contributed by atoms with Crippen molar-refractivity contribution in [2.24, 2.45) is 7.05 Å². The zero-order chi connectivity index (χ0) is 18.4. The van der Waals surface area contributed by atoms with E-state index in [2.05, 4.69) is 9.88 Å². The Labute approximate surface area is 147 Å². The third-order valence-electron chi connectivity index (χ3n) is 3.96. The predicted molar refractivity (Wildman–Crippen MR) is 93.8 cm³/mol. The molecule has 0 fully saturated rings. The highest BCUT2D eigenvalue weighted by molar-refractivity contribution is 5.43. The lowest BCUT2D eigenvalue weighted by molar-refractivity contribution is -0.390. The van der Waals surface area contributed by atoms with Crippen LogP contribution in [0, 0.1) is 10.1 Å². The van der Waals surface area contributed by atoms with Gasteiger partial charge in [-0.15, -0.1) is 0 Å². The molecular weight excluding hydrogens is 324 g/mol. The van der Waals surface area contributed by atoms with Crippen LogP contribution in [0.1, 0.15) is 25.1 Å². The molecule has 0 amide bonds. The molecule has 2 rings (SSSR count). The van der Waals surface area contributed by atoms with Crippen molar-refractivity contribution in [1.82, 2.24) is 14.5 Å². The molecule has 25 heavy (non-hydrogen) atoms. The van der Waals surface area contributed by atoms with Crippen LogP contribution < -0.4 is 9.47 Å². The number of ether oxygens (including phenoxy) is 2. The minimum Gasteiger partial charge on any atom is -0.493 e. The highest BCUT2D eigenvalue weighted by Gasteiger charge is 2.22. The van der Waals surface area contributed by atoms with E-state index in [9.17, 15) is 10.1 Å². The Kier molecular flexibility index (Phi) is 6.35. The molecule has 1 aromatic carbocycles. The molecule has 0 saturated heterocycles. The van der Waals surface area contributed by atoms with Crippen LogP contribution in [-0.4, -0.2) is 39.6 Å².